The third-order valence-corrected chi connectivity index (χ3v) is 2.27. The van der Waals surface area contributed by atoms with Crippen molar-refractivity contribution in [2.45, 2.75) is 26.6 Å². The Kier molecular flexibility index (Phi) is 4.29. The zero-order valence-corrected chi connectivity index (χ0v) is 11.2. The highest BCUT2D eigenvalue weighted by Crippen LogP contribution is 2.14. The van der Waals surface area contributed by atoms with Crippen LogP contribution in [-0.4, -0.2) is 21.1 Å². The van der Waals surface area contributed by atoms with E-state index in [4.69, 9.17) is 15.2 Å². The molecule has 1 aromatic carbocycles. The molecular weight excluding hydrogens is 263 g/mol. The van der Waals surface area contributed by atoms with E-state index in [0.29, 0.717) is 5.56 Å². The highest BCUT2D eigenvalue weighted by Gasteiger charge is 2.09. The maximum atomic E-state index is 13.4. The fourth-order valence-corrected chi connectivity index (χ4v) is 1.44. The molecule has 0 saturated carbocycles. The summed E-state index contributed by atoms with van der Waals surface area (Å²) in [6.45, 7) is 3.66. The van der Waals surface area contributed by atoms with Gasteiger partial charge in [-0.05, 0) is 19.9 Å². The average Bonchev–Trinajstić information content (AvgIpc) is 2.36. The molecule has 6 nitrogen and oxygen atoms in total. The normalized spacial score (nSPS) is 10.6. The van der Waals surface area contributed by atoms with Crippen molar-refractivity contribution in [1.29, 1.82) is 0 Å². The Balaban J connectivity index is 2.09. The first kappa shape index (κ1) is 14.0. The number of hydrogen-bond donors (Lipinski definition) is 1. The highest BCUT2D eigenvalue weighted by atomic mass is 19.1. The Bertz CT molecular complexity index is 592. The second kappa shape index (κ2) is 6.14. The fraction of sp³-hybridized carbons (Fsp3) is 0.308. The molecule has 0 saturated heterocycles. The maximum Gasteiger partial charge on any atom is 0.324 e. The molecule has 2 N–H and O–H groups in total. The minimum atomic E-state index is -0.354. The van der Waals surface area contributed by atoms with Gasteiger partial charge < -0.3 is 15.2 Å². The van der Waals surface area contributed by atoms with Gasteiger partial charge in [0, 0.05) is 5.56 Å². The van der Waals surface area contributed by atoms with Crippen molar-refractivity contribution in [2.75, 3.05) is 5.73 Å². The molecule has 0 amide bonds. The Labute approximate surface area is 115 Å². The number of nitrogens with two attached hydrogens (primary N) is 1. The largest absolute Gasteiger partial charge is 0.461 e. The number of anilines is 1. The lowest BCUT2D eigenvalue weighted by Gasteiger charge is -2.09. The summed E-state index contributed by atoms with van der Waals surface area (Å²) in [6, 6.07) is 6.37. The molecule has 2 rings (SSSR count). The van der Waals surface area contributed by atoms with Crippen LogP contribution >= 0.6 is 0 Å². The van der Waals surface area contributed by atoms with Gasteiger partial charge in [-0.15, -0.1) is 4.98 Å². The van der Waals surface area contributed by atoms with Crippen LogP contribution in [0.2, 0.25) is 0 Å². The van der Waals surface area contributed by atoms with Crippen LogP contribution in [-0.2, 0) is 6.61 Å². The van der Waals surface area contributed by atoms with Gasteiger partial charge in [0.05, 0.1) is 6.10 Å². The molecule has 1 heterocycles. The van der Waals surface area contributed by atoms with Crippen LogP contribution in [0, 0.1) is 5.82 Å². The summed E-state index contributed by atoms with van der Waals surface area (Å²) >= 11 is 0. The zero-order chi connectivity index (χ0) is 14.5. The van der Waals surface area contributed by atoms with Gasteiger partial charge in [-0.1, -0.05) is 18.2 Å². The number of hydrogen-bond acceptors (Lipinski definition) is 6. The molecule has 0 bridgehead atoms. The molecule has 0 unspecified atom stereocenters. The lowest BCUT2D eigenvalue weighted by molar-refractivity contribution is 0.211. The summed E-state index contributed by atoms with van der Waals surface area (Å²) < 4.78 is 24.1. The zero-order valence-electron chi connectivity index (χ0n) is 11.2. The van der Waals surface area contributed by atoms with Gasteiger partial charge in [0.2, 0.25) is 5.95 Å². The third kappa shape index (κ3) is 3.78. The number of ether oxygens (including phenoxy) is 2. The van der Waals surface area contributed by atoms with Crippen LogP contribution in [0.3, 0.4) is 0 Å². The summed E-state index contributed by atoms with van der Waals surface area (Å²) in [5.74, 6) is -0.368. The molecule has 0 spiro atoms. The standard InChI is InChI=1S/C13H15FN4O2/c1-8(2)20-13-17-11(15)16-12(18-13)19-7-9-5-3-4-6-10(9)14/h3-6,8H,7H2,1-2H3,(H2,15,16,17,18). The number of nitrogens with zero attached hydrogens (tertiary/aromatic N) is 3. The number of aromatic nitrogens is 3. The fourth-order valence-electron chi connectivity index (χ4n) is 1.44. The highest BCUT2D eigenvalue weighted by molar-refractivity contribution is 5.21. The Morgan fingerprint density at radius 3 is 2.55 bits per heavy atom. The van der Waals surface area contributed by atoms with E-state index in [0.717, 1.165) is 0 Å². The van der Waals surface area contributed by atoms with Crippen LogP contribution < -0.4 is 15.2 Å². The summed E-state index contributed by atoms with van der Waals surface area (Å²) in [5, 5.41) is 0. The average molecular weight is 278 g/mol. The lowest BCUT2D eigenvalue weighted by atomic mass is 10.2. The monoisotopic (exact) mass is 278 g/mol. The van der Waals surface area contributed by atoms with Crippen molar-refractivity contribution in [3.8, 4) is 12.0 Å². The molecule has 1 aromatic heterocycles. The summed E-state index contributed by atoms with van der Waals surface area (Å²) in [4.78, 5) is 11.6. The quantitative estimate of drug-likeness (QED) is 0.900. The van der Waals surface area contributed by atoms with E-state index in [1.54, 1.807) is 18.2 Å². The van der Waals surface area contributed by atoms with E-state index in [9.17, 15) is 4.39 Å². The summed E-state index contributed by atoms with van der Waals surface area (Å²) in [6.07, 6.45) is -0.101. The molecule has 0 fully saturated rings. The van der Waals surface area contributed by atoms with Gasteiger partial charge in [-0.3, -0.25) is 0 Å². The second-order valence-corrected chi connectivity index (χ2v) is 4.31. The van der Waals surface area contributed by atoms with Crippen LogP contribution in [0.15, 0.2) is 24.3 Å². The molecule has 0 radical (unpaired) electrons. The third-order valence-electron chi connectivity index (χ3n) is 2.27. The maximum absolute atomic E-state index is 13.4. The Morgan fingerprint density at radius 1 is 1.15 bits per heavy atom. The Hall–Kier alpha value is -2.44. The van der Waals surface area contributed by atoms with Gasteiger partial charge >= 0.3 is 12.0 Å². The van der Waals surface area contributed by atoms with Crippen LogP contribution in [0.25, 0.3) is 0 Å². The minimum absolute atomic E-state index is 0.00273. The molecule has 0 aliphatic rings. The molecular formula is C13H15FN4O2. The van der Waals surface area contributed by atoms with E-state index in [2.05, 4.69) is 15.0 Å². The predicted octanol–water partition coefficient (Wildman–Crippen LogP) is 1.96. The van der Waals surface area contributed by atoms with Crippen molar-refractivity contribution in [1.82, 2.24) is 15.0 Å². The first-order chi connectivity index (χ1) is 9.54. The molecule has 7 heteroatoms. The number of benzene rings is 1. The first-order valence-corrected chi connectivity index (χ1v) is 6.09. The molecule has 2 aromatic rings. The summed E-state index contributed by atoms with van der Waals surface area (Å²) in [7, 11) is 0. The van der Waals surface area contributed by atoms with E-state index in [-0.39, 0.29) is 36.5 Å². The predicted molar refractivity (Wildman–Crippen MR) is 70.7 cm³/mol. The van der Waals surface area contributed by atoms with Gasteiger partial charge in [0.15, 0.2) is 0 Å². The van der Waals surface area contributed by atoms with Crippen LogP contribution in [0.5, 0.6) is 12.0 Å². The minimum Gasteiger partial charge on any atom is -0.461 e. The van der Waals surface area contributed by atoms with Crippen molar-refractivity contribution < 1.29 is 13.9 Å². The molecule has 0 atom stereocenters. The van der Waals surface area contributed by atoms with Crippen molar-refractivity contribution in [3.05, 3.63) is 35.6 Å². The molecule has 0 aliphatic heterocycles. The van der Waals surface area contributed by atoms with Crippen molar-refractivity contribution >= 4 is 5.95 Å². The first-order valence-electron chi connectivity index (χ1n) is 6.09. The molecule has 106 valence electrons. The smallest absolute Gasteiger partial charge is 0.324 e. The van der Waals surface area contributed by atoms with Crippen molar-refractivity contribution in [3.63, 3.8) is 0 Å². The Morgan fingerprint density at radius 2 is 1.85 bits per heavy atom. The van der Waals surface area contributed by atoms with Gasteiger partial charge in [0.25, 0.3) is 0 Å². The lowest BCUT2D eigenvalue weighted by Crippen LogP contribution is -2.11. The van der Waals surface area contributed by atoms with E-state index >= 15 is 0 Å². The second-order valence-electron chi connectivity index (χ2n) is 4.31. The number of rotatable bonds is 5. The van der Waals surface area contributed by atoms with Crippen LogP contribution in [0.1, 0.15) is 19.4 Å². The number of nitrogen functional groups attached to an aromatic ring is 1. The summed E-state index contributed by atoms with van der Waals surface area (Å²) in [5.41, 5.74) is 5.94. The van der Waals surface area contributed by atoms with Gasteiger partial charge in [-0.2, -0.15) is 9.97 Å². The van der Waals surface area contributed by atoms with Crippen LogP contribution in [0.4, 0.5) is 10.3 Å². The van der Waals surface area contributed by atoms with E-state index in [1.807, 2.05) is 13.8 Å². The van der Waals surface area contributed by atoms with Gasteiger partial charge in [0.1, 0.15) is 12.4 Å². The van der Waals surface area contributed by atoms with E-state index in [1.165, 1.54) is 6.07 Å². The number of halogens is 1. The SMILES string of the molecule is CC(C)Oc1nc(N)nc(OCc2ccccc2F)n1. The molecule has 0 aliphatic carbocycles. The van der Waals surface area contributed by atoms with Gasteiger partial charge in [-0.25, -0.2) is 4.39 Å². The molecule has 20 heavy (non-hydrogen) atoms. The van der Waals surface area contributed by atoms with E-state index < -0.39 is 0 Å². The van der Waals surface area contributed by atoms with Crippen molar-refractivity contribution in [2.24, 2.45) is 0 Å². The topological polar surface area (TPSA) is 83.2 Å².